The summed E-state index contributed by atoms with van der Waals surface area (Å²) in [5.74, 6) is 0.930. The van der Waals surface area contributed by atoms with E-state index in [1.165, 1.54) is 31.2 Å². The lowest BCUT2D eigenvalue weighted by atomic mass is 9.92. The van der Waals surface area contributed by atoms with Gasteiger partial charge in [-0.15, -0.1) is 0 Å². The number of carbonyl (C=O) groups is 2. The molecule has 0 spiro atoms. The Morgan fingerprint density at radius 1 is 1.00 bits per heavy atom. The van der Waals surface area contributed by atoms with Crippen molar-refractivity contribution in [1.29, 1.82) is 0 Å². The van der Waals surface area contributed by atoms with Crippen LogP contribution in [0, 0.1) is 11.8 Å². The first-order valence-electron chi connectivity index (χ1n) is 9.99. The van der Waals surface area contributed by atoms with Gasteiger partial charge in [-0.3, -0.25) is 9.59 Å². The summed E-state index contributed by atoms with van der Waals surface area (Å²) in [4.78, 5) is 24.5. The average molecular weight is 353 g/mol. The predicted octanol–water partition coefficient (Wildman–Crippen LogP) is 5.04. The average Bonchev–Trinajstić information content (AvgIpc) is 3.20. The Bertz CT molecular complexity index is 835. The number of rotatable bonds is 3. The molecule has 4 rings (SSSR count). The molecule has 4 heteroatoms. The molecule has 26 heavy (non-hydrogen) atoms. The lowest BCUT2D eigenvalue weighted by Gasteiger charge is -2.16. The number of benzene rings is 1. The number of ketones is 1. The van der Waals surface area contributed by atoms with Crippen LogP contribution in [0.1, 0.15) is 63.2 Å². The summed E-state index contributed by atoms with van der Waals surface area (Å²) >= 11 is 0. The van der Waals surface area contributed by atoms with Crippen molar-refractivity contribution in [2.24, 2.45) is 11.8 Å². The quantitative estimate of drug-likeness (QED) is 0.841. The van der Waals surface area contributed by atoms with Crippen LogP contribution in [0.3, 0.4) is 0 Å². The van der Waals surface area contributed by atoms with Crippen LogP contribution in [0.15, 0.2) is 22.6 Å². The van der Waals surface area contributed by atoms with Gasteiger partial charge in [-0.25, -0.2) is 0 Å². The van der Waals surface area contributed by atoms with Crippen molar-refractivity contribution < 1.29 is 14.0 Å². The Kier molecular flexibility index (Phi) is 4.84. The third-order valence-electron chi connectivity index (χ3n) is 6.10. The molecule has 1 aromatic carbocycles. The van der Waals surface area contributed by atoms with Crippen LogP contribution >= 0.6 is 0 Å². The van der Waals surface area contributed by atoms with E-state index in [0.29, 0.717) is 0 Å². The first kappa shape index (κ1) is 17.3. The summed E-state index contributed by atoms with van der Waals surface area (Å²) in [6.45, 7) is 1.60. The second-order valence-corrected chi connectivity index (χ2v) is 7.87. The van der Waals surface area contributed by atoms with Crippen molar-refractivity contribution in [3.63, 3.8) is 0 Å². The highest BCUT2D eigenvalue weighted by molar-refractivity contribution is 5.98. The SMILES string of the molecule is CC(=O)C1CCC[C@H]1C(=O)Nc1ccc2oc3c(c2c1)CCCCCC3. The molecule has 2 aliphatic rings. The number of fused-ring (bicyclic) bond motifs is 3. The summed E-state index contributed by atoms with van der Waals surface area (Å²) in [5.41, 5.74) is 3.04. The Hall–Kier alpha value is -2.10. The minimum Gasteiger partial charge on any atom is -0.461 e. The molecule has 138 valence electrons. The third-order valence-corrected chi connectivity index (χ3v) is 6.10. The van der Waals surface area contributed by atoms with Crippen molar-refractivity contribution in [2.75, 3.05) is 5.32 Å². The van der Waals surface area contributed by atoms with Gasteiger partial charge in [-0.1, -0.05) is 19.3 Å². The first-order chi connectivity index (χ1) is 12.6. The fourth-order valence-corrected chi connectivity index (χ4v) is 4.69. The van der Waals surface area contributed by atoms with Gasteiger partial charge in [0, 0.05) is 34.9 Å². The van der Waals surface area contributed by atoms with Gasteiger partial charge >= 0.3 is 0 Å². The number of nitrogens with one attached hydrogen (secondary N) is 1. The van der Waals surface area contributed by atoms with Crippen LogP contribution in [0.4, 0.5) is 5.69 Å². The Balaban J connectivity index is 1.58. The van der Waals surface area contributed by atoms with E-state index in [4.69, 9.17) is 4.42 Å². The summed E-state index contributed by atoms with van der Waals surface area (Å²) in [7, 11) is 0. The van der Waals surface area contributed by atoms with Crippen LogP contribution in [0.5, 0.6) is 0 Å². The number of furan rings is 1. The van der Waals surface area contributed by atoms with E-state index in [0.717, 1.165) is 54.5 Å². The molecule has 2 aromatic rings. The number of aryl methyl sites for hydroxylation is 2. The van der Waals surface area contributed by atoms with Gasteiger partial charge in [0.25, 0.3) is 0 Å². The van der Waals surface area contributed by atoms with Gasteiger partial charge in [-0.05, 0) is 57.2 Å². The van der Waals surface area contributed by atoms with Crippen LogP contribution in [0.25, 0.3) is 11.0 Å². The lowest BCUT2D eigenvalue weighted by molar-refractivity contribution is -0.128. The van der Waals surface area contributed by atoms with Gasteiger partial charge in [-0.2, -0.15) is 0 Å². The van der Waals surface area contributed by atoms with Crippen LogP contribution in [-0.4, -0.2) is 11.7 Å². The number of carbonyl (C=O) groups excluding carboxylic acids is 2. The molecule has 4 nitrogen and oxygen atoms in total. The molecule has 2 atom stereocenters. The minimum atomic E-state index is -0.187. The Labute approximate surface area is 154 Å². The van der Waals surface area contributed by atoms with Crippen molar-refractivity contribution in [3.8, 4) is 0 Å². The van der Waals surface area contributed by atoms with Gasteiger partial charge in [0.15, 0.2) is 0 Å². The maximum Gasteiger partial charge on any atom is 0.228 e. The number of hydrogen-bond donors (Lipinski definition) is 1. The molecule has 0 saturated heterocycles. The van der Waals surface area contributed by atoms with Gasteiger partial charge in [0.2, 0.25) is 5.91 Å². The van der Waals surface area contributed by atoms with E-state index in [1.54, 1.807) is 6.92 Å². The van der Waals surface area contributed by atoms with E-state index in [-0.39, 0.29) is 23.5 Å². The summed E-state index contributed by atoms with van der Waals surface area (Å²) < 4.78 is 6.08. The Morgan fingerprint density at radius 2 is 1.77 bits per heavy atom. The second-order valence-electron chi connectivity index (χ2n) is 7.87. The largest absolute Gasteiger partial charge is 0.461 e. The summed E-state index contributed by atoms with van der Waals surface area (Å²) in [6.07, 6.45) is 9.58. The van der Waals surface area contributed by atoms with E-state index in [2.05, 4.69) is 11.4 Å². The highest BCUT2D eigenvalue weighted by Gasteiger charge is 2.35. The molecule has 1 heterocycles. The Morgan fingerprint density at radius 3 is 2.58 bits per heavy atom. The fraction of sp³-hybridized carbons (Fsp3) is 0.545. The van der Waals surface area contributed by atoms with Crippen molar-refractivity contribution in [3.05, 3.63) is 29.5 Å². The van der Waals surface area contributed by atoms with E-state index < -0.39 is 0 Å². The zero-order chi connectivity index (χ0) is 18.1. The molecule has 1 N–H and O–H groups in total. The van der Waals surface area contributed by atoms with Crippen molar-refractivity contribution in [2.45, 2.75) is 64.7 Å². The smallest absolute Gasteiger partial charge is 0.228 e. The number of anilines is 1. The molecule has 1 saturated carbocycles. The standard InChI is InChI=1S/C22H27NO3/c1-14(24)16-8-6-9-18(16)22(25)23-15-11-12-21-19(13-15)17-7-4-2-3-5-10-20(17)26-21/h11-13,16,18H,2-10H2,1H3,(H,23,25)/t16?,18-/m1/s1. The van der Waals surface area contributed by atoms with Crippen molar-refractivity contribution in [1.82, 2.24) is 0 Å². The fourth-order valence-electron chi connectivity index (χ4n) is 4.69. The predicted molar refractivity (Wildman–Crippen MR) is 102 cm³/mol. The van der Waals surface area contributed by atoms with Crippen LogP contribution in [-0.2, 0) is 22.4 Å². The molecule has 0 bridgehead atoms. The zero-order valence-electron chi connectivity index (χ0n) is 15.5. The summed E-state index contributed by atoms with van der Waals surface area (Å²) in [5, 5.41) is 4.19. The molecular formula is C22H27NO3. The maximum absolute atomic E-state index is 12.7. The van der Waals surface area contributed by atoms with Gasteiger partial charge in [0.1, 0.15) is 17.1 Å². The molecular weight excluding hydrogens is 326 g/mol. The van der Waals surface area contributed by atoms with Crippen LogP contribution < -0.4 is 5.32 Å². The van der Waals surface area contributed by atoms with Crippen LogP contribution in [0.2, 0.25) is 0 Å². The molecule has 1 unspecified atom stereocenters. The van der Waals surface area contributed by atoms with Crippen molar-refractivity contribution >= 4 is 28.3 Å². The number of Topliss-reactive ketones (excluding diaryl/α,β-unsaturated/α-hetero) is 1. The highest BCUT2D eigenvalue weighted by Crippen LogP contribution is 2.35. The normalized spacial score (nSPS) is 23.3. The van der Waals surface area contributed by atoms with E-state index in [9.17, 15) is 9.59 Å². The van der Waals surface area contributed by atoms with E-state index in [1.807, 2.05) is 12.1 Å². The monoisotopic (exact) mass is 353 g/mol. The topological polar surface area (TPSA) is 59.3 Å². The third kappa shape index (κ3) is 3.29. The summed E-state index contributed by atoms with van der Waals surface area (Å²) in [6, 6.07) is 5.93. The molecule has 1 amide bonds. The number of amides is 1. The molecule has 2 aliphatic carbocycles. The molecule has 1 aromatic heterocycles. The molecule has 1 fully saturated rings. The zero-order valence-corrected chi connectivity index (χ0v) is 15.5. The maximum atomic E-state index is 12.7. The number of hydrogen-bond acceptors (Lipinski definition) is 3. The first-order valence-corrected chi connectivity index (χ1v) is 9.99. The highest BCUT2D eigenvalue weighted by atomic mass is 16.3. The van der Waals surface area contributed by atoms with Gasteiger partial charge in [0.05, 0.1) is 0 Å². The molecule has 0 aliphatic heterocycles. The van der Waals surface area contributed by atoms with Gasteiger partial charge < -0.3 is 9.73 Å². The van der Waals surface area contributed by atoms with E-state index >= 15 is 0 Å². The second kappa shape index (κ2) is 7.26. The molecule has 0 radical (unpaired) electrons. The lowest BCUT2D eigenvalue weighted by Crippen LogP contribution is -2.29. The minimum absolute atomic E-state index is 0.0200.